The van der Waals surface area contributed by atoms with E-state index in [-0.39, 0.29) is 24.5 Å². The van der Waals surface area contributed by atoms with Gasteiger partial charge in [0, 0.05) is 36.3 Å². The highest BCUT2D eigenvalue weighted by atomic mass is 32.2. The molecule has 1 N–H and O–H groups in total. The van der Waals surface area contributed by atoms with Crippen molar-refractivity contribution in [2.45, 2.75) is 37.1 Å². The van der Waals surface area contributed by atoms with Gasteiger partial charge in [-0.15, -0.1) is 11.8 Å². The molecule has 2 amide bonds. The Morgan fingerprint density at radius 3 is 2.62 bits per heavy atom. The van der Waals surface area contributed by atoms with Crippen molar-refractivity contribution in [3.8, 4) is 0 Å². The lowest BCUT2D eigenvalue weighted by Crippen LogP contribution is -2.57. The minimum absolute atomic E-state index is 0.0400. The van der Waals surface area contributed by atoms with Crippen molar-refractivity contribution in [2.75, 3.05) is 32.5 Å². The van der Waals surface area contributed by atoms with Crippen LogP contribution in [0, 0.1) is 0 Å². The van der Waals surface area contributed by atoms with Gasteiger partial charge in [0.25, 0.3) is 5.91 Å². The van der Waals surface area contributed by atoms with Crippen LogP contribution in [-0.4, -0.2) is 65.3 Å². The number of nitrogens with zero attached hydrogens (tertiary/aromatic N) is 2. The van der Waals surface area contributed by atoms with Crippen LogP contribution < -0.4 is 0 Å². The second-order valence-electron chi connectivity index (χ2n) is 6.01. The summed E-state index contributed by atoms with van der Waals surface area (Å²) in [5, 5.41) is 8.87. The van der Waals surface area contributed by atoms with Gasteiger partial charge in [0.15, 0.2) is 0 Å². The highest BCUT2D eigenvalue weighted by Gasteiger charge is 2.35. The molecule has 132 valence electrons. The van der Waals surface area contributed by atoms with E-state index in [4.69, 9.17) is 5.11 Å². The third-order valence-electron chi connectivity index (χ3n) is 4.27. The summed E-state index contributed by atoms with van der Waals surface area (Å²) in [6.07, 6.45) is 2.66. The molecule has 1 saturated heterocycles. The normalized spacial score (nSPS) is 18.1. The molecule has 0 radical (unpaired) electrons. The zero-order chi connectivity index (χ0) is 17.5. The maximum Gasteiger partial charge on any atom is 0.254 e. The number of benzene rings is 1. The van der Waals surface area contributed by atoms with E-state index in [1.807, 2.05) is 24.3 Å². The number of rotatable bonds is 7. The smallest absolute Gasteiger partial charge is 0.254 e. The molecule has 24 heavy (non-hydrogen) atoms. The fourth-order valence-electron chi connectivity index (χ4n) is 2.85. The van der Waals surface area contributed by atoms with Gasteiger partial charge in [0.2, 0.25) is 5.91 Å². The van der Waals surface area contributed by atoms with E-state index in [2.05, 4.69) is 6.92 Å². The Kier molecular flexibility index (Phi) is 7.12. The Labute approximate surface area is 148 Å². The van der Waals surface area contributed by atoms with Crippen molar-refractivity contribution in [1.29, 1.82) is 0 Å². The van der Waals surface area contributed by atoms with Crippen molar-refractivity contribution in [2.24, 2.45) is 0 Å². The first kappa shape index (κ1) is 18.8. The van der Waals surface area contributed by atoms with E-state index in [9.17, 15) is 9.59 Å². The molecule has 0 aliphatic carbocycles. The molecule has 1 aromatic carbocycles. The van der Waals surface area contributed by atoms with Crippen LogP contribution in [0.3, 0.4) is 0 Å². The minimum Gasteiger partial charge on any atom is -0.396 e. The molecule has 1 aliphatic rings. The number of piperazine rings is 1. The largest absolute Gasteiger partial charge is 0.396 e. The predicted octanol–water partition coefficient (Wildman–Crippen LogP) is 2.24. The van der Waals surface area contributed by atoms with Crippen molar-refractivity contribution in [3.63, 3.8) is 0 Å². The van der Waals surface area contributed by atoms with Gasteiger partial charge in [-0.05, 0) is 30.7 Å². The first-order chi connectivity index (χ1) is 11.6. The molecule has 1 atom stereocenters. The summed E-state index contributed by atoms with van der Waals surface area (Å²) in [4.78, 5) is 29.8. The fourth-order valence-corrected chi connectivity index (χ4v) is 3.51. The van der Waals surface area contributed by atoms with Crippen molar-refractivity contribution >= 4 is 23.6 Å². The van der Waals surface area contributed by atoms with Crippen LogP contribution in [0.2, 0.25) is 0 Å². The predicted molar refractivity (Wildman–Crippen MR) is 96.2 cm³/mol. The molecule has 1 fully saturated rings. The van der Waals surface area contributed by atoms with Gasteiger partial charge in [-0.25, -0.2) is 0 Å². The standard InChI is InChI=1S/C18H26N2O3S/c1-3-4-5-16-18(23)19(2)10-11-20(16)17(22)14-6-8-15(9-7-14)24-13-12-21/h6-9,16,21H,3-5,10-13H2,1-2H3/t16-/m1/s1. The summed E-state index contributed by atoms with van der Waals surface area (Å²) in [6, 6.07) is 7.06. The molecule has 0 unspecified atom stereocenters. The molecule has 0 saturated carbocycles. The third kappa shape index (κ3) is 4.51. The number of likely N-dealkylation sites (N-methyl/N-ethyl adjacent to an activating group) is 1. The Balaban J connectivity index is 2.11. The number of thioether (sulfide) groups is 1. The Hall–Kier alpha value is -1.53. The molecular formula is C18H26N2O3S. The average molecular weight is 350 g/mol. The Morgan fingerprint density at radius 2 is 2.00 bits per heavy atom. The summed E-state index contributed by atoms with van der Waals surface area (Å²) in [5.41, 5.74) is 0.613. The Morgan fingerprint density at radius 1 is 1.29 bits per heavy atom. The monoisotopic (exact) mass is 350 g/mol. The van der Waals surface area contributed by atoms with Crippen LogP contribution in [-0.2, 0) is 4.79 Å². The van der Waals surface area contributed by atoms with Crippen molar-refractivity contribution in [1.82, 2.24) is 9.80 Å². The van der Waals surface area contributed by atoms with Gasteiger partial charge in [-0.1, -0.05) is 19.8 Å². The SMILES string of the molecule is CCCC[C@@H]1C(=O)N(C)CCN1C(=O)c1ccc(SCCO)cc1. The lowest BCUT2D eigenvalue weighted by Gasteiger charge is -2.39. The number of hydrogen-bond donors (Lipinski definition) is 1. The summed E-state index contributed by atoms with van der Waals surface area (Å²) >= 11 is 1.55. The summed E-state index contributed by atoms with van der Waals surface area (Å²) < 4.78 is 0. The highest BCUT2D eigenvalue weighted by Crippen LogP contribution is 2.22. The van der Waals surface area contributed by atoms with Crippen molar-refractivity contribution < 1.29 is 14.7 Å². The van der Waals surface area contributed by atoms with Gasteiger partial charge in [-0.2, -0.15) is 0 Å². The molecule has 2 rings (SSSR count). The molecule has 1 aromatic rings. The summed E-state index contributed by atoms with van der Waals surface area (Å²) in [6.45, 7) is 3.38. The van der Waals surface area contributed by atoms with Crippen molar-refractivity contribution in [3.05, 3.63) is 29.8 Å². The van der Waals surface area contributed by atoms with E-state index in [0.29, 0.717) is 24.4 Å². The number of amides is 2. The lowest BCUT2D eigenvalue weighted by atomic mass is 10.0. The lowest BCUT2D eigenvalue weighted by molar-refractivity contribution is -0.138. The molecule has 0 spiro atoms. The van der Waals surface area contributed by atoms with Crippen LogP contribution in [0.1, 0.15) is 36.5 Å². The van der Waals surface area contributed by atoms with E-state index in [1.54, 1.807) is 28.6 Å². The summed E-state index contributed by atoms with van der Waals surface area (Å²) in [7, 11) is 1.80. The first-order valence-corrected chi connectivity index (χ1v) is 9.46. The van der Waals surface area contributed by atoms with Gasteiger partial charge < -0.3 is 14.9 Å². The van der Waals surface area contributed by atoms with Crippen LogP contribution in [0.15, 0.2) is 29.2 Å². The van der Waals surface area contributed by atoms with Gasteiger partial charge >= 0.3 is 0 Å². The topological polar surface area (TPSA) is 60.9 Å². The van der Waals surface area contributed by atoms with Crippen LogP contribution in [0.4, 0.5) is 0 Å². The number of carbonyl (C=O) groups is 2. The van der Waals surface area contributed by atoms with E-state index < -0.39 is 0 Å². The first-order valence-electron chi connectivity index (χ1n) is 8.48. The van der Waals surface area contributed by atoms with Gasteiger partial charge in [0.05, 0.1) is 6.61 Å². The second kappa shape index (κ2) is 9.08. The van der Waals surface area contributed by atoms with Crippen LogP contribution >= 0.6 is 11.8 Å². The van der Waals surface area contributed by atoms with E-state index in [1.165, 1.54) is 0 Å². The molecule has 0 aromatic heterocycles. The van der Waals surface area contributed by atoms with E-state index in [0.717, 1.165) is 24.2 Å². The maximum absolute atomic E-state index is 12.9. The number of hydrogen-bond acceptors (Lipinski definition) is 4. The quantitative estimate of drug-likeness (QED) is 0.766. The molecule has 0 bridgehead atoms. The molecule has 6 heteroatoms. The zero-order valence-electron chi connectivity index (χ0n) is 14.4. The molecule has 1 heterocycles. The van der Waals surface area contributed by atoms with Crippen LogP contribution in [0.5, 0.6) is 0 Å². The third-order valence-corrected chi connectivity index (χ3v) is 5.26. The minimum atomic E-state index is -0.348. The van der Waals surface area contributed by atoms with Gasteiger partial charge in [-0.3, -0.25) is 9.59 Å². The Bertz CT molecular complexity index is 562. The molecule has 5 nitrogen and oxygen atoms in total. The fraction of sp³-hybridized carbons (Fsp3) is 0.556. The van der Waals surface area contributed by atoms with Crippen LogP contribution in [0.25, 0.3) is 0 Å². The second-order valence-corrected chi connectivity index (χ2v) is 7.18. The molecule has 1 aliphatic heterocycles. The number of carbonyl (C=O) groups excluding carboxylic acids is 2. The van der Waals surface area contributed by atoms with E-state index >= 15 is 0 Å². The number of aliphatic hydroxyl groups is 1. The maximum atomic E-state index is 12.9. The summed E-state index contributed by atoms with van der Waals surface area (Å²) in [5.74, 6) is 0.605. The van der Waals surface area contributed by atoms with Gasteiger partial charge in [0.1, 0.15) is 6.04 Å². The number of aliphatic hydroxyl groups excluding tert-OH is 1. The molecular weight excluding hydrogens is 324 g/mol. The number of unbranched alkanes of at least 4 members (excludes halogenated alkanes) is 1. The zero-order valence-corrected chi connectivity index (χ0v) is 15.2. The highest BCUT2D eigenvalue weighted by molar-refractivity contribution is 7.99. The average Bonchev–Trinajstić information content (AvgIpc) is 2.61.